The molecule has 0 spiro atoms. The number of carbonyl (C=O) groups is 1. The first-order valence-electron chi connectivity index (χ1n) is 11.1. The number of carbonyl (C=O) groups excluding carboxylic acids is 1. The monoisotopic (exact) mass is 433 g/mol. The molecule has 4 nitrogen and oxygen atoms in total. The van der Waals surface area contributed by atoms with Crippen LogP contribution in [-0.2, 0) is 16.6 Å². The second kappa shape index (κ2) is 7.06. The second-order valence-corrected chi connectivity index (χ2v) is 8.92. The van der Waals surface area contributed by atoms with Crippen molar-refractivity contribution in [3.63, 3.8) is 0 Å². The average Bonchev–Trinajstić information content (AvgIpc) is 3.06. The third kappa shape index (κ3) is 2.77. The number of aliphatic hydroxyl groups excluding tert-OH is 1. The number of phenols is 1. The van der Waals surface area contributed by atoms with Crippen LogP contribution in [-0.4, -0.2) is 29.3 Å². The molecule has 2 unspecified atom stereocenters. The van der Waals surface area contributed by atoms with Gasteiger partial charge >= 0.3 is 0 Å². The van der Waals surface area contributed by atoms with E-state index >= 15 is 0 Å². The maximum absolute atomic E-state index is 14.1. The predicted molar refractivity (Wildman–Crippen MR) is 131 cm³/mol. The van der Waals surface area contributed by atoms with Crippen molar-refractivity contribution in [2.24, 2.45) is 0 Å². The summed E-state index contributed by atoms with van der Waals surface area (Å²) in [6, 6.07) is 25.4. The van der Waals surface area contributed by atoms with Gasteiger partial charge < -0.3 is 15.1 Å². The molecule has 0 bridgehead atoms. The van der Waals surface area contributed by atoms with Gasteiger partial charge in [0.2, 0.25) is 5.91 Å². The Balaban J connectivity index is 1.66. The van der Waals surface area contributed by atoms with Crippen molar-refractivity contribution >= 4 is 28.4 Å². The van der Waals surface area contributed by atoms with Crippen LogP contribution in [0, 0.1) is 0 Å². The van der Waals surface area contributed by atoms with Gasteiger partial charge in [-0.3, -0.25) is 4.79 Å². The molecule has 1 aliphatic heterocycles. The van der Waals surface area contributed by atoms with Gasteiger partial charge in [-0.25, -0.2) is 0 Å². The zero-order valence-corrected chi connectivity index (χ0v) is 18.2. The number of benzene rings is 4. The molecule has 1 heterocycles. The van der Waals surface area contributed by atoms with E-state index in [1.165, 1.54) is 0 Å². The molecule has 0 saturated heterocycles. The van der Waals surface area contributed by atoms with Crippen LogP contribution in [0.15, 0.2) is 84.9 Å². The average molecular weight is 434 g/mol. The highest BCUT2D eigenvalue weighted by Crippen LogP contribution is 2.50. The lowest BCUT2D eigenvalue weighted by Gasteiger charge is -2.31. The molecule has 0 saturated carbocycles. The van der Waals surface area contributed by atoms with Crippen molar-refractivity contribution in [1.29, 1.82) is 0 Å². The van der Waals surface area contributed by atoms with Crippen LogP contribution in [0.25, 0.3) is 16.8 Å². The summed E-state index contributed by atoms with van der Waals surface area (Å²) in [7, 11) is 1.83. The Labute approximate surface area is 192 Å². The Morgan fingerprint density at radius 3 is 2.52 bits per heavy atom. The summed E-state index contributed by atoms with van der Waals surface area (Å²) in [4.78, 5) is 15.9. The van der Waals surface area contributed by atoms with Crippen LogP contribution in [0.5, 0.6) is 5.75 Å². The Bertz CT molecular complexity index is 1470. The number of likely N-dealkylation sites (N-methyl/N-ethyl adjacent to an activating group) is 1. The molecule has 1 aliphatic carbocycles. The van der Waals surface area contributed by atoms with E-state index in [2.05, 4.69) is 12.1 Å². The lowest BCUT2D eigenvalue weighted by molar-refractivity contribution is -0.120. The maximum atomic E-state index is 14.1. The molecule has 2 aliphatic rings. The van der Waals surface area contributed by atoms with Crippen LogP contribution in [0.4, 0.5) is 5.69 Å². The van der Waals surface area contributed by atoms with E-state index in [9.17, 15) is 15.0 Å². The Hall–Kier alpha value is -3.89. The summed E-state index contributed by atoms with van der Waals surface area (Å²) >= 11 is 0. The molecule has 2 atom stereocenters. The molecule has 4 aromatic rings. The normalized spacial score (nSPS) is 21.3. The Morgan fingerprint density at radius 2 is 1.64 bits per heavy atom. The van der Waals surface area contributed by atoms with Gasteiger partial charge in [-0.1, -0.05) is 60.7 Å². The zero-order chi connectivity index (χ0) is 22.7. The number of para-hydroxylation sites is 1. The highest BCUT2D eigenvalue weighted by Gasteiger charge is 2.52. The summed E-state index contributed by atoms with van der Waals surface area (Å²) in [6.07, 6.45) is 3.84. The number of aliphatic hydroxyl groups is 1. The number of fused-ring (bicyclic) bond motifs is 3. The quantitative estimate of drug-likeness (QED) is 0.478. The predicted octanol–water partition coefficient (Wildman–Crippen LogP) is 4.79. The van der Waals surface area contributed by atoms with E-state index in [1.54, 1.807) is 23.1 Å². The highest BCUT2D eigenvalue weighted by molar-refractivity contribution is 6.13. The highest BCUT2D eigenvalue weighted by atomic mass is 16.3. The molecule has 4 aromatic carbocycles. The zero-order valence-electron chi connectivity index (χ0n) is 18.2. The number of aromatic hydroxyl groups is 1. The van der Waals surface area contributed by atoms with Gasteiger partial charge in [0.15, 0.2) is 0 Å². The minimum atomic E-state index is -0.990. The summed E-state index contributed by atoms with van der Waals surface area (Å²) in [5.74, 6) is 0.220. The van der Waals surface area contributed by atoms with E-state index in [0.717, 1.165) is 44.3 Å². The molecular weight excluding hydrogens is 410 g/mol. The number of nitrogens with zero attached hydrogens (tertiary/aromatic N) is 1. The smallest absolute Gasteiger partial charge is 0.246 e. The van der Waals surface area contributed by atoms with Gasteiger partial charge in [0.05, 0.1) is 6.10 Å². The van der Waals surface area contributed by atoms with Crippen LogP contribution in [0.2, 0.25) is 0 Å². The summed E-state index contributed by atoms with van der Waals surface area (Å²) in [5, 5.41) is 21.8. The number of rotatable bonds is 2. The van der Waals surface area contributed by atoms with E-state index in [1.807, 2.05) is 67.7 Å². The fraction of sp³-hybridized carbons (Fsp3) is 0.138. The Morgan fingerprint density at radius 1 is 0.909 bits per heavy atom. The molecular formula is C29H23NO3. The number of phenolic OH excluding ortho intramolecular Hbond substituents is 1. The first-order chi connectivity index (χ1) is 16.0. The topological polar surface area (TPSA) is 60.8 Å². The van der Waals surface area contributed by atoms with Gasteiger partial charge in [0.1, 0.15) is 11.2 Å². The number of hydrogen-bond acceptors (Lipinski definition) is 3. The van der Waals surface area contributed by atoms with E-state index in [0.29, 0.717) is 6.42 Å². The molecule has 1 amide bonds. The molecule has 6 rings (SSSR count). The number of amides is 1. The van der Waals surface area contributed by atoms with Gasteiger partial charge in [0.25, 0.3) is 0 Å². The standard InChI is InChI=1S/C29H23NO3/c1-30-27-5-3-2-4-26(27)29(28(30)33,22-10-6-20-16-24(31)12-8-18(20)14-22)23-11-7-21-17-25(32)13-9-19(21)15-23/h2-16,25,31-32H,17H2,1H3. The van der Waals surface area contributed by atoms with Gasteiger partial charge in [-0.05, 0) is 63.4 Å². The Kier molecular flexibility index (Phi) is 4.23. The third-order valence-corrected chi connectivity index (χ3v) is 7.06. The molecule has 0 radical (unpaired) electrons. The molecule has 33 heavy (non-hydrogen) atoms. The molecule has 0 fully saturated rings. The van der Waals surface area contributed by atoms with Crippen LogP contribution in [0.3, 0.4) is 0 Å². The van der Waals surface area contributed by atoms with E-state index in [-0.39, 0.29) is 11.7 Å². The van der Waals surface area contributed by atoms with Crippen molar-refractivity contribution in [3.8, 4) is 5.75 Å². The van der Waals surface area contributed by atoms with E-state index < -0.39 is 11.5 Å². The first-order valence-corrected chi connectivity index (χ1v) is 11.1. The number of hydrogen-bond donors (Lipinski definition) is 2. The SMILES string of the molecule is CN1C(=O)C(c2ccc3c(c2)C=CC(O)C3)(c2ccc3cc(O)ccc3c2)c2ccccc21. The minimum Gasteiger partial charge on any atom is -0.508 e. The molecule has 162 valence electrons. The summed E-state index contributed by atoms with van der Waals surface area (Å²) in [5.41, 5.74) is 4.76. The van der Waals surface area contributed by atoms with Gasteiger partial charge in [-0.15, -0.1) is 0 Å². The largest absolute Gasteiger partial charge is 0.508 e. The van der Waals surface area contributed by atoms with Crippen LogP contribution < -0.4 is 4.90 Å². The second-order valence-electron chi connectivity index (χ2n) is 8.92. The lowest BCUT2D eigenvalue weighted by atomic mass is 9.69. The van der Waals surface area contributed by atoms with Crippen molar-refractivity contribution in [1.82, 2.24) is 0 Å². The maximum Gasteiger partial charge on any atom is 0.246 e. The summed E-state index contributed by atoms with van der Waals surface area (Å²) < 4.78 is 0. The van der Waals surface area contributed by atoms with Crippen molar-refractivity contribution < 1.29 is 15.0 Å². The van der Waals surface area contributed by atoms with E-state index in [4.69, 9.17) is 0 Å². The van der Waals surface area contributed by atoms with Gasteiger partial charge in [0, 0.05) is 24.7 Å². The fourth-order valence-electron chi connectivity index (χ4n) is 5.43. The van der Waals surface area contributed by atoms with Gasteiger partial charge in [-0.2, -0.15) is 0 Å². The van der Waals surface area contributed by atoms with Crippen LogP contribution >= 0.6 is 0 Å². The minimum absolute atomic E-state index is 0.00148. The fourth-order valence-corrected chi connectivity index (χ4v) is 5.43. The molecule has 0 aromatic heterocycles. The third-order valence-electron chi connectivity index (χ3n) is 7.06. The van der Waals surface area contributed by atoms with Crippen molar-refractivity contribution in [2.75, 3.05) is 11.9 Å². The lowest BCUT2D eigenvalue weighted by Crippen LogP contribution is -2.40. The van der Waals surface area contributed by atoms with Crippen LogP contribution in [0.1, 0.15) is 27.8 Å². The molecule has 2 N–H and O–H groups in total. The summed E-state index contributed by atoms with van der Waals surface area (Å²) in [6.45, 7) is 0. The first kappa shape index (κ1) is 19.8. The van der Waals surface area contributed by atoms with Crippen molar-refractivity contribution in [3.05, 3.63) is 113 Å². The van der Waals surface area contributed by atoms with Crippen molar-refractivity contribution in [2.45, 2.75) is 17.9 Å². The number of anilines is 1. The molecule has 4 heteroatoms.